The molecular weight excluding hydrogens is 246 g/mol. The van der Waals surface area contributed by atoms with Crippen LogP contribution in [0.2, 0.25) is 0 Å². The Morgan fingerprint density at radius 1 is 0.800 bits per heavy atom. The smallest absolute Gasteiger partial charge is 0.119 e. The molecule has 0 aliphatic rings. The summed E-state index contributed by atoms with van der Waals surface area (Å²) in [5.41, 5.74) is 1.06. The molecular formula is C18H13NO. The second kappa shape index (κ2) is 4.20. The molecule has 0 unspecified atom stereocenters. The molecule has 0 atom stereocenters. The lowest BCUT2D eigenvalue weighted by Gasteiger charge is -2.07. The van der Waals surface area contributed by atoms with E-state index in [2.05, 4.69) is 47.4 Å². The molecule has 3 aromatic carbocycles. The van der Waals surface area contributed by atoms with E-state index >= 15 is 0 Å². The van der Waals surface area contributed by atoms with Crippen molar-refractivity contribution < 1.29 is 4.74 Å². The van der Waals surface area contributed by atoms with Gasteiger partial charge in [-0.15, -0.1) is 0 Å². The van der Waals surface area contributed by atoms with E-state index in [9.17, 15) is 0 Å². The largest absolute Gasteiger partial charge is 0.497 e. The van der Waals surface area contributed by atoms with Gasteiger partial charge in [-0.1, -0.05) is 36.4 Å². The molecule has 0 aliphatic carbocycles. The lowest BCUT2D eigenvalue weighted by atomic mass is 10.0. The van der Waals surface area contributed by atoms with Crippen LogP contribution in [0.15, 0.2) is 60.8 Å². The van der Waals surface area contributed by atoms with E-state index in [4.69, 9.17) is 4.74 Å². The van der Waals surface area contributed by atoms with Crippen LogP contribution in [0.4, 0.5) is 0 Å². The van der Waals surface area contributed by atoms with Gasteiger partial charge >= 0.3 is 0 Å². The number of hydrogen-bond acceptors (Lipinski definition) is 2. The third-order valence-corrected chi connectivity index (χ3v) is 3.78. The molecule has 0 bridgehead atoms. The Morgan fingerprint density at radius 2 is 1.65 bits per heavy atom. The number of hydrogen-bond donors (Lipinski definition) is 0. The van der Waals surface area contributed by atoms with E-state index in [-0.39, 0.29) is 0 Å². The van der Waals surface area contributed by atoms with E-state index in [1.54, 1.807) is 7.11 Å². The zero-order valence-electron chi connectivity index (χ0n) is 11.1. The molecule has 4 aromatic rings. The van der Waals surface area contributed by atoms with Gasteiger partial charge in [0.1, 0.15) is 5.75 Å². The maximum atomic E-state index is 5.28. The van der Waals surface area contributed by atoms with Crippen LogP contribution >= 0.6 is 0 Å². The highest BCUT2D eigenvalue weighted by molar-refractivity contribution is 6.15. The molecule has 4 rings (SSSR count). The predicted octanol–water partition coefficient (Wildman–Crippen LogP) is 4.55. The highest BCUT2D eigenvalue weighted by Crippen LogP contribution is 2.30. The summed E-state index contributed by atoms with van der Waals surface area (Å²) in [5, 5.41) is 5.92. The van der Waals surface area contributed by atoms with Crippen molar-refractivity contribution in [2.45, 2.75) is 0 Å². The monoisotopic (exact) mass is 259 g/mol. The molecule has 0 amide bonds. The molecule has 1 heterocycles. The Morgan fingerprint density at radius 3 is 2.55 bits per heavy atom. The number of fused-ring (bicyclic) bond motifs is 5. The van der Waals surface area contributed by atoms with Crippen molar-refractivity contribution in [3.63, 3.8) is 0 Å². The highest BCUT2D eigenvalue weighted by atomic mass is 16.5. The summed E-state index contributed by atoms with van der Waals surface area (Å²) in [6.07, 6.45) is 1.92. The van der Waals surface area contributed by atoms with Gasteiger partial charge in [-0.05, 0) is 29.0 Å². The third kappa shape index (κ3) is 1.55. The number of benzene rings is 3. The van der Waals surface area contributed by atoms with Crippen LogP contribution in [0.5, 0.6) is 5.75 Å². The number of aromatic nitrogens is 1. The first-order chi connectivity index (χ1) is 9.86. The van der Waals surface area contributed by atoms with E-state index in [1.165, 1.54) is 21.5 Å². The molecule has 0 N–H and O–H groups in total. The zero-order chi connectivity index (χ0) is 13.5. The number of methoxy groups -OCH3 is 1. The van der Waals surface area contributed by atoms with Crippen molar-refractivity contribution >= 4 is 32.4 Å². The maximum Gasteiger partial charge on any atom is 0.119 e. The first-order valence-corrected chi connectivity index (χ1v) is 6.61. The van der Waals surface area contributed by atoms with Gasteiger partial charge in [-0.25, -0.2) is 0 Å². The summed E-state index contributed by atoms with van der Waals surface area (Å²) >= 11 is 0. The van der Waals surface area contributed by atoms with Crippen molar-refractivity contribution in [3.8, 4) is 5.75 Å². The molecule has 0 aliphatic heterocycles. The van der Waals surface area contributed by atoms with Crippen molar-refractivity contribution in [2.24, 2.45) is 0 Å². The molecule has 20 heavy (non-hydrogen) atoms. The minimum Gasteiger partial charge on any atom is -0.497 e. The van der Waals surface area contributed by atoms with Crippen LogP contribution < -0.4 is 4.74 Å². The molecule has 0 fully saturated rings. The fraction of sp³-hybridized carbons (Fsp3) is 0.0556. The van der Waals surface area contributed by atoms with Crippen LogP contribution in [0.25, 0.3) is 32.4 Å². The van der Waals surface area contributed by atoms with E-state index in [0.717, 1.165) is 16.7 Å². The van der Waals surface area contributed by atoms with E-state index < -0.39 is 0 Å². The normalized spacial score (nSPS) is 11.2. The zero-order valence-corrected chi connectivity index (χ0v) is 11.1. The van der Waals surface area contributed by atoms with Crippen LogP contribution in [0.1, 0.15) is 0 Å². The summed E-state index contributed by atoms with van der Waals surface area (Å²) in [6.45, 7) is 0. The second-order valence-corrected chi connectivity index (χ2v) is 4.89. The van der Waals surface area contributed by atoms with Gasteiger partial charge in [0.05, 0.1) is 12.6 Å². The quantitative estimate of drug-likeness (QED) is 0.468. The Bertz CT molecular complexity index is 944. The number of rotatable bonds is 1. The molecule has 2 heteroatoms. The molecule has 0 saturated carbocycles. The molecule has 0 saturated heterocycles. The summed E-state index contributed by atoms with van der Waals surface area (Å²) in [5.74, 6) is 0.861. The molecule has 96 valence electrons. The molecule has 0 radical (unpaired) electrons. The molecule has 0 spiro atoms. The van der Waals surface area contributed by atoms with Crippen LogP contribution in [-0.2, 0) is 0 Å². The maximum absolute atomic E-state index is 5.28. The second-order valence-electron chi connectivity index (χ2n) is 4.89. The van der Waals surface area contributed by atoms with Crippen molar-refractivity contribution in [3.05, 3.63) is 60.8 Å². The van der Waals surface area contributed by atoms with Gasteiger partial charge in [-0.2, -0.15) is 0 Å². The summed E-state index contributed by atoms with van der Waals surface area (Å²) < 4.78 is 5.28. The van der Waals surface area contributed by atoms with Crippen LogP contribution in [0.3, 0.4) is 0 Å². The summed E-state index contributed by atoms with van der Waals surface area (Å²) in [4.78, 5) is 4.66. The standard InChI is InChI=1S/C18H13NO/c1-20-14-7-9-15-13(10-14)11-19-18-16-5-3-2-4-12(16)6-8-17(15)18/h2-11H,1H3. The highest BCUT2D eigenvalue weighted by Gasteiger charge is 2.06. The van der Waals surface area contributed by atoms with Gasteiger partial charge in [-0.3, -0.25) is 4.98 Å². The molecule has 2 nitrogen and oxygen atoms in total. The van der Waals surface area contributed by atoms with Crippen molar-refractivity contribution in [1.29, 1.82) is 0 Å². The van der Waals surface area contributed by atoms with E-state index in [0.29, 0.717) is 0 Å². The average molecular weight is 259 g/mol. The minimum absolute atomic E-state index is 0.861. The molecule has 1 aromatic heterocycles. The first kappa shape index (κ1) is 11.2. The number of pyridine rings is 1. The Labute approximate surface area is 116 Å². The van der Waals surface area contributed by atoms with Crippen LogP contribution in [0, 0.1) is 0 Å². The fourth-order valence-corrected chi connectivity index (χ4v) is 2.77. The summed E-state index contributed by atoms with van der Waals surface area (Å²) in [6, 6.07) is 18.8. The van der Waals surface area contributed by atoms with Crippen molar-refractivity contribution in [1.82, 2.24) is 4.98 Å². The lowest BCUT2D eigenvalue weighted by Crippen LogP contribution is -1.86. The summed E-state index contributed by atoms with van der Waals surface area (Å²) in [7, 11) is 1.68. The topological polar surface area (TPSA) is 22.1 Å². The van der Waals surface area contributed by atoms with Gasteiger partial charge in [0.2, 0.25) is 0 Å². The lowest BCUT2D eigenvalue weighted by molar-refractivity contribution is 0.415. The van der Waals surface area contributed by atoms with Gasteiger partial charge in [0, 0.05) is 22.4 Å². The Balaban J connectivity index is 2.17. The van der Waals surface area contributed by atoms with E-state index in [1.807, 2.05) is 18.3 Å². The van der Waals surface area contributed by atoms with Crippen molar-refractivity contribution in [2.75, 3.05) is 7.11 Å². The number of ether oxygens (including phenoxy) is 1. The SMILES string of the molecule is COc1ccc2c(cnc3c4ccccc4ccc23)c1. The fourth-order valence-electron chi connectivity index (χ4n) is 2.77. The predicted molar refractivity (Wildman–Crippen MR) is 83.3 cm³/mol. The van der Waals surface area contributed by atoms with Gasteiger partial charge in [0.25, 0.3) is 0 Å². The number of nitrogens with zero attached hydrogens (tertiary/aromatic N) is 1. The Hall–Kier alpha value is -2.61. The van der Waals surface area contributed by atoms with Crippen LogP contribution in [-0.4, -0.2) is 12.1 Å². The average Bonchev–Trinajstić information content (AvgIpc) is 2.53. The Kier molecular flexibility index (Phi) is 2.36. The first-order valence-electron chi connectivity index (χ1n) is 6.61. The van der Waals surface area contributed by atoms with Gasteiger partial charge < -0.3 is 4.74 Å². The third-order valence-electron chi connectivity index (χ3n) is 3.78. The van der Waals surface area contributed by atoms with Gasteiger partial charge in [0.15, 0.2) is 0 Å². The minimum atomic E-state index is 0.861.